The van der Waals surface area contributed by atoms with Gasteiger partial charge in [0, 0.05) is 21.1 Å². The molecule has 0 saturated carbocycles. The molecule has 0 radical (unpaired) electrons. The zero-order valence-corrected chi connectivity index (χ0v) is 12.0. The smallest absolute Gasteiger partial charge is 0.265 e. The van der Waals surface area contributed by atoms with Crippen LogP contribution in [0.15, 0.2) is 42.5 Å². The van der Waals surface area contributed by atoms with E-state index in [0.717, 1.165) is 0 Å². The monoisotopic (exact) mass is 318 g/mol. The van der Waals surface area contributed by atoms with Crippen LogP contribution in [0.4, 0.5) is 0 Å². The van der Waals surface area contributed by atoms with Gasteiger partial charge in [0.1, 0.15) is 0 Å². The Morgan fingerprint density at radius 3 is 2.41 bits per heavy atom. The van der Waals surface area contributed by atoms with Gasteiger partial charge in [0.2, 0.25) is 11.7 Å². The lowest BCUT2D eigenvalue weighted by atomic mass is 9.93. The second kappa shape index (κ2) is 6.36. The standard InChI is InChI=1S/C15H11ClN2O4/c16-9-5-6-12(15(17)20)13(7-9)10-3-1-2-4-11(10)14(19)8-18(21)22/h1-7H,8H2,(H2,17,20). The molecule has 2 aromatic carbocycles. The average molecular weight is 319 g/mol. The van der Waals surface area contributed by atoms with Gasteiger partial charge in [-0.25, -0.2) is 0 Å². The third kappa shape index (κ3) is 3.29. The van der Waals surface area contributed by atoms with E-state index in [1.54, 1.807) is 18.2 Å². The number of hydrogen-bond acceptors (Lipinski definition) is 4. The van der Waals surface area contributed by atoms with Crippen molar-refractivity contribution in [1.29, 1.82) is 0 Å². The molecular formula is C15H11ClN2O4. The van der Waals surface area contributed by atoms with Crippen molar-refractivity contribution in [3.05, 3.63) is 68.7 Å². The van der Waals surface area contributed by atoms with Crippen LogP contribution in [0.25, 0.3) is 11.1 Å². The predicted molar refractivity (Wildman–Crippen MR) is 81.6 cm³/mol. The fourth-order valence-corrected chi connectivity index (χ4v) is 2.29. The molecule has 0 heterocycles. The number of carbonyl (C=O) groups excluding carboxylic acids is 2. The Balaban J connectivity index is 2.64. The first-order valence-electron chi connectivity index (χ1n) is 6.24. The molecule has 112 valence electrons. The molecule has 0 aliphatic heterocycles. The lowest BCUT2D eigenvalue weighted by molar-refractivity contribution is -0.465. The van der Waals surface area contributed by atoms with E-state index in [9.17, 15) is 19.7 Å². The number of primary amides is 1. The Hall–Kier alpha value is -2.73. The molecule has 7 heteroatoms. The number of nitrogens with two attached hydrogens (primary N) is 1. The van der Waals surface area contributed by atoms with Crippen LogP contribution in [0.3, 0.4) is 0 Å². The highest BCUT2D eigenvalue weighted by Crippen LogP contribution is 2.30. The summed E-state index contributed by atoms with van der Waals surface area (Å²) in [5.74, 6) is -1.33. The van der Waals surface area contributed by atoms with Gasteiger partial charge in [0.15, 0.2) is 0 Å². The zero-order valence-electron chi connectivity index (χ0n) is 11.3. The minimum Gasteiger partial charge on any atom is -0.366 e. The van der Waals surface area contributed by atoms with Crippen LogP contribution < -0.4 is 5.73 Å². The molecule has 1 amide bonds. The van der Waals surface area contributed by atoms with Crippen molar-refractivity contribution in [3.63, 3.8) is 0 Å². The summed E-state index contributed by atoms with van der Waals surface area (Å²) in [6, 6.07) is 10.8. The van der Waals surface area contributed by atoms with Crippen molar-refractivity contribution in [2.24, 2.45) is 5.73 Å². The summed E-state index contributed by atoms with van der Waals surface area (Å²) in [5.41, 5.74) is 6.41. The van der Waals surface area contributed by atoms with E-state index in [-0.39, 0.29) is 11.1 Å². The highest BCUT2D eigenvalue weighted by Gasteiger charge is 2.20. The summed E-state index contributed by atoms with van der Waals surface area (Å²) in [6.45, 7) is -0.830. The second-order valence-corrected chi connectivity index (χ2v) is 4.95. The summed E-state index contributed by atoms with van der Waals surface area (Å²) in [4.78, 5) is 33.4. The van der Waals surface area contributed by atoms with Crippen LogP contribution in [0, 0.1) is 10.1 Å². The SMILES string of the molecule is NC(=O)c1ccc(Cl)cc1-c1ccccc1C(=O)C[N+](=O)[O-]. The number of carbonyl (C=O) groups is 2. The van der Waals surface area contributed by atoms with Crippen LogP contribution in [0.2, 0.25) is 5.02 Å². The highest BCUT2D eigenvalue weighted by molar-refractivity contribution is 6.31. The predicted octanol–water partition coefficient (Wildman–Crippen LogP) is 2.57. The van der Waals surface area contributed by atoms with Crippen molar-refractivity contribution in [2.45, 2.75) is 0 Å². The molecule has 6 nitrogen and oxygen atoms in total. The zero-order chi connectivity index (χ0) is 16.3. The topological polar surface area (TPSA) is 103 Å². The van der Waals surface area contributed by atoms with Gasteiger partial charge < -0.3 is 5.73 Å². The Kier molecular flexibility index (Phi) is 4.53. The molecular weight excluding hydrogens is 308 g/mol. The number of nitrogens with zero attached hydrogens (tertiary/aromatic N) is 1. The van der Waals surface area contributed by atoms with Gasteiger partial charge in [-0.3, -0.25) is 19.7 Å². The van der Waals surface area contributed by atoms with Gasteiger partial charge >= 0.3 is 0 Å². The molecule has 0 spiro atoms. The maximum Gasteiger partial charge on any atom is 0.265 e. The van der Waals surface area contributed by atoms with Crippen molar-refractivity contribution < 1.29 is 14.5 Å². The maximum atomic E-state index is 12.0. The van der Waals surface area contributed by atoms with E-state index in [2.05, 4.69) is 0 Å². The van der Waals surface area contributed by atoms with E-state index in [0.29, 0.717) is 16.1 Å². The van der Waals surface area contributed by atoms with E-state index in [1.807, 2.05) is 0 Å². The summed E-state index contributed by atoms with van der Waals surface area (Å²) in [6.07, 6.45) is 0. The van der Waals surface area contributed by atoms with Crippen LogP contribution in [0.5, 0.6) is 0 Å². The molecule has 0 fully saturated rings. The van der Waals surface area contributed by atoms with Crippen molar-refractivity contribution in [1.82, 2.24) is 0 Å². The van der Waals surface area contributed by atoms with E-state index >= 15 is 0 Å². The Bertz CT molecular complexity index is 774. The Morgan fingerprint density at radius 1 is 1.09 bits per heavy atom. The molecule has 0 atom stereocenters. The molecule has 0 bridgehead atoms. The third-order valence-corrected chi connectivity index (χ3v) is 3.27. The number of hydrogen-bond donors (Lipinski definition) is 1. The van der Waals surface area contributed by atoms with Gasteiger partial charge in [0.25, 0.3) is 6.54 Å². The number of ketones is 1. The first kappa shape index (κ1) is 15.7. The quantitative estimate of drug-likeness (QED) is 0.519. The lowest BCUT2D eigenvalue weighted by Gasteiger charge is -2.11. The minimum absolute atomic E-state index is 0.143. The number of benzene rings is 2. The summed E-state index contributed by atoms with van der Waals surface area (Å²) >= 11 is 5.94. The summed E-state index contributed by atoms with van der Waals surface area (Å²) < 4.78 is 0. The van der Waals surface area contributed by atoms with Gasteiger partial charge in [-0.2, -0.15) is 0 Å². The third-order valence-electron chi connectivity index (χ3n) is 3.04. The number of rotatable bonds is 5. The summed E-state index contributed by atoms with van der Waals surface area (Å²) in [7, 11) is 0. The van der Waals surface area contributed by atoms with Crippen LogP contribution in [-0.4, -0.2) is 23.2 Å². The largest absolute Gasteiger partial charge is 0.366 e. The van der Waals surface area contributed by atoms with Gasteiger partial charge in [0.05, 0.1) is 0 Å². The molecule has 0 aliphatic carbocycles. The Morgan fingerprint density at radius 2 is 1.77 bits per heavy atom. The fourth-order valence-electron chi connectivity index (χ4n) is 2.12. The van der Waals surface area contributed by atoms with Gasteiger partial charge in [-0.15, -0.1) is 0 Å². The van der Waals surface area contributed by atoms with E-state index in [1.165, 1.54) is 24.3 Å². The van der Waals surface area contributed by atoms with E-state index < -0.39 is 23.2 Å². The normalized spacial score (nSPS) is 10.2. The molecule has 2 N–H and O–H groups in total. The Labute approximate surface area is 130 Å². The number of Topliss-reactive ketones (excluding diaryl/α,β-unsaturated/α-hetero) is 1. The lowest BCUT2D eigenvalue weighted by Crippen LogP contribution is -2.16. The number of amides is 1. The maximum absolute atomic E-state index is 12.0. The molecule has 22 heavy (non-hydrogen) atoms. The van der Waals surface area contributed by atoms with Crippen LogP contribution in [-0.2, 0) is 0 Å². The molecule has 0 aromatic heterocycles. The van der Waals surface area contributed by atoms with Gasteiger partial charge in [-0.05, 0) is 29.3 Å². The molecule has 0 aliphatic rings. The first-order chi connectivity index (χ1) is 10.4. The molecule has 0 saturated heterocycles. The van der Waals surface area contributed by atoms with Crippen molar-refractivity contribution in [3.8, 4) is 11.1 Å². The first-order valence-corrected chi connectivity index (χ1v) is 6.61. The minimum atomic E-state index is -0.830. The van der Waals surface area contributed by atoms with Gasteiger partial charge in [-0.1, -0.05) is 35.9 Å². The highest BCUT2D eigenvalue weighted by atomic mass is 35.5. The van der Waals surface area contributed by atoms with Crippen molar-refractivity contribution in [2.75, 3.05) is 6.54 Å². The van der Waals surface area contributed by atoms with Crippen LogP contribution in [0.1, 0.15) is 20.7 Å². The number of nitro groups is 1. The number of halogens is 1. The second-order valence-electron chi connectivity index (χ2n) is 4.51. The van der Waals surface area contributed by atoms with Crippen LogP contribution >= 0.6 is 11.6 Å². The van der Waals surface area contributed by atoms with Crippen molar-refractivity contribution >= 4 is 23.3 Å². The molecule has 2 aromatic rings. The fraction of sp³-hybridized carbons (Fsp3) is 0.0667. The summed E-state index contributed by atoms with van der Waals surface area (Å²) in [5, 5.41) is 10.9. The molecule has 2 rings (SSSR count). The molecule has 0 unspecified atom stereocenters. The van der Waals surface area contributed by atoms with E-state index in [4.69, 9.17) is 17.3 Å². The average Bonchev–Trinajstić information content (AvgIpc) is 2.46.